The maximum atomic E-state index is 10.4. The quantitative estimate of drug-likeness (QED) is 0.225. The van der Waals surface area contributed by atoms with Gasteiger partial charge in [-0.25, -0.2) is 0 Å². The van der Waals surface area contributed by atoms with E-state index in [1.54, 1.807) is 0 Å². The molecule has 0 unspecified atom stereocenters. The number of nitrogens with zero attached hydrogens (tertiary/aromatic N) is 2. The van der Waals surface area contributed by atoms with E-state index in [-0.39, 0.29) is 0 Å². The first-order chi connectivity index (χ1) is 19.8. The van der Waals surface area contributed by atoms with Crippen LogP contribution >= 0.6 is 11.3 Å². The second-order valence-electron chi connectivity index (χ2n) is 10.0. The Labute approximate surface area is 235 Å². The lowest BCUT2D eigenvalue weighted by Gasteiger charge is -2.18. The zero-order chi connectivity index (χ0) is 26.6. The van der Waals surface area contributed by atoms with Crippen molar-refractivity contribution >= 4 is 53.3 Å². The topological polar surface area (TPSA) is 28.7 Å². The van der Waals surface area contributed by atoms with E-state index in [4.69, 9.17) is 0 Å². The van der Waals surface area contributed by atoms with Gasteiger partial charge in [0.05, 0.1) is 22.3 Å². The van der Waals surface area contributed by atoms with E-state index in [0.29, 0.717) is 5.56 Å². The van der Waals surface area contributed by atoms with Crippen LogP contribution in [0.1, 0.15) is 5.56 Å². The molecule has 0 N–H and O–H groups in total. The molecule has 8 aromatic rings. The number of para-hydroxylation sites is 3. The lowest BCUT2D eigenvalue weighted by molar-refractivity contribution is 1.17. The minimum absolute atomic E-state index is 0.651. The third-order valence-corrected chi connectivity index (χ3v) is 9.01. The predicted octanol–water partition coefficient (Wildman–Crippen LogP) is 10.4. The number of aromatic nitrogens is 1. The zero-order valence-corrected chi connectivity index (χ0v) is 22.3. The van der Waals surface area contributed by atoms with Crippen molar-refractivity contribution in [1.29, 1.82) is 5.26 Å². The van der Waals surface area contributed by atoms with Crippen LogP contribution in [0.2, 0.25) is 0 Å². The van der Waals surface area contributed by atoms with Gasteiger partial charge in [-0.3, -0.25) is 0 Å². The number of hydrogen-bond acceptors (Lipinski definition) is 2. The van der Waals surface area contributed by atoms with Crippen LogP contribution in [0.3, 0.4) is 0 Å². The van der Waals surface area contributed by atoms with Gasteiger partial charge in [-0.15, -0.1) is 11.3 Å². The number of thiophene rings is 1. The maximum Gasteiger partial charge on any atom is 0.101 e. The molecule has 2 nitrogen and oxygen atoms in total. The van der Waals surface area contributed by atoms with Crippen LogP contribution in [-0.2, 0) is 0 Å². The minimum atomic E-state index is 0.651. The van der Waals surface area contributed by atoms with Crippen molar-refractivity contribution in [3.63, 3.8) is 0 Å². The first-order valence-electron chi connectivity index (χ1n) is 13.4. The van der Waals surface area contributed by atoms with E-state index < -0.39 is 0 Å². The molecule has 0 amide bonds. The van der Waals surface area contributed by atoms with Crippen molar-refractivity contribution in [2.75, 3.05) is 0 Å². The summed E-state index contributed by atoms with van der Waals surface area (Å²) in [5.41, 5.74) is 8.27. The molecule has 0 aliphatic rings. The number of rotatable bonds is 3. The van der Waals surface area contributed by atoms with Crippen molar-refractivity contribution in [3.05, 3.63) is 139 Å². The summed E-state index contributed by atoms with van der Waals surface area (Å²) in [7, 11) is 0. The van der Waals surface area contributed by atoms with Gasteiger partial charge in [0.1, 0.15) is 6.07 Å². The van der Waals surface area contributed by atoms with Crippen LogP contribution in [0.15, 0.2) is 133 Å². The van der Waals surface area contributed by atoms with E-state index in [0.717, 1.165) is 33.4 Å². The molecule has 0 saturated heterocycles. The summed E-state index contributed by atoms with van der Waals surface area (Å²) >= 11 is 1.84. The SMILES string of the molecule is N#Cc1cccc(-c2ccccc2-c2cccc3sc4ccccc4c23)c1-n1c2ccccc2c2ccccc21. The molecular weight excluding hydrogens is 504 g/mol. The van der Waals surface area contributed by atoms with Crippen LogP contribution in [-0.4, -0.2) is 4.57 Å². The monoisotopic (exact) mass is 526 g/mol. The number of hydrogen-bond donors (Lipinski definition) is 0. The Morgan fingerprint density at radius 2 is 1.00 bits per heavy atom. The van der Waals surface area contributed by atoms with Crippen molar-refractivity contribution in [2.45, 2.75) is 0 Å². The molecular formula is C37H22N2S. The molecule has 0 aliphatic heterocycles. The fourth-order valence-electron chi connectivity index (χ4n) is 6.21. The average molecular weight is 527 g/mol. The molecule has 2 aromatic heterocycles. The van der Waals surface area contributed by atoms with E-state index in [1.807, 2.05) is 23.5 Å². The van der Waals surface area contributed by atoms with Crippen molar-refractivity contribution in [2.24, 2.45) is 0 Å². The van der Waals surface area contributed by atoms with Gasteiger partial charge in [0.15, 0.2) is 0 Å². The van der Waals surface area contributed by atoms with Gasteiger partial charge in [0.2, 0.25) is 0 Å². The molecule has 3 heteroatoms. The Bertz CT molecular complexity index is 2240. The highest BCUT2D eigenvalue weighted by atomic mass is 32.1. The van der Waals surface area contributed by atoms with Gasteiger partial charge in [0, 0.05) is 36.5 Å². The molecule has 8 rings (SSSR count). The lowest BCUT2D eigenvalue weighted by atomic mass is 9.90. The molecule has 2 heterocycles. The van der Waals surface area contributed by atoms with Gasteiger partial charge >= 0.3 is 0 Å². The third kappa shape index (κ3) is 3.27. The molecule has 186 valence electrons. The fourth-order valence-corrected chi connectivity index (χ4v) is 7.34. The summed E-state index contributed by atoms with van der Waals surface area (Å²) in [6.07, 6.45) is 0. The standard InChI is InChI=1S/C37H22N2S/c38-23-24-11-9-18-30(37(24)39-32-19-6-3-14-27(32)28-15-4-7-20-33(28)39)26-13-2-1-12-25(26)29-17-10-22-35-36(29)31-16-5-8-21-34(31)40-35/h1-22H. The van der Waals surface area contributed by atoms with Crippen molar-refractivity contribution in [3.8, 4) is 34.0 Å². The van der Waals surface area contributed by atoms with Crippen LogP contribution in [0.25, 0.3) is 69.9 Å². The normalized spacial score (nSPS) is 11.5. The Morgan fingerprint density at radius 3 is 1.73 bits per heavy atom. The zero-order valence-electron chi connectivity index (χ0n) is 21.5. The highest BCUT2D eigenvalue weighted by Crippen LogP contribution is 2.45. The average Bonchev–Trinajstić information content (AvgIpc) is 3.56. The lowest BCUT2D eigenvalue weighted by Crippen LogP contribution is -2.01. The molecule has 0 aliphatic carbocycles. The second kappa shape index (κ2) is 8.95. The summed E-state index contributed by atoms with van der Waals surface area (Å²) < 4.78 is 4.84. The molecule has 0 radical (unpaired) electrons. The Hall–Kier alpha value is -5.17. The van der Waals surface area contributed by atoms with Crippen molar-refractivity contribution < 1.29 is 0 Å². The molecule has 0 atom stereocenters. The first kappa shape index (κ1) is 22.8. The molecule has 0 fully saturated rings. The Balaban J connectivity index is 1.48. The van der Waals surface area contributed by atoms with Gasteiger partial charge in [-0.05, 0) is 47.0 Å². The summed E-state index contributed by atoms with van der Waals surface area (Å²) in [6.45, 7) is 0. The Morgan fingerprint density at radius 1 is 0.475 bits per heavy atom. The summed E-state index contributed by atoms with van der Waals surface area (Å²) in [6, 6.07) is 49.4. The van der Waals surface area contributed by atoms with E-state index >= 15 is 0 Å². The summed E-state index contributed by atoms with van der Waals surface area (Å²) in [5.74, 6) is 0. The minimum Gasteiger partial charge on any atom is -0.307 e. The van der Waals surface area contributed by atoms with Crippen molar-refractivity contribution in [1.82, 2.24) is 4.57 Å². The smallest absolute Gasteiger partial charge is 0.101 e. The predicted molar refractivity (Wildman–Crippen MR) is 169 cm³/mol. The van der Waals surface area contributed by atoms with Crippen LogP contribution in [0.4, 0.5) is 0 Å². The molecule has 0 bridgehead atoms. The van der Waals surface area contributed by atoms with E-state index in [2.05, 4.69) is 132 Å². The maximum absolute atomic E-state index is 10.4. The number of fused-ring (bicyclic) bond motifs is 6. The van der Waals surface area contributed by atoms with Crippen LogP contribution < -0.4 is 0 Å². The van der Waals surface area contributed by atoms with Gasteiger partial charge in [-0.2, -0.15) is 5.26 Å². The van der Waals surface area contributed by atoms with Crippen LogP contribution in [0.5, 0.6) is 0 Å². The molecule has 6 aromatic carbocycles. The van der Waals surface area contributed by atoms with E-state index in [1.165, 1.54) is 36.5 Å². The molecule has 40 heavy (non-hydrogen) atoms. The first-order valence-corrected chi connectivity index (χ1v) is 14.2. The van der Waals surface area contributed by atoms with E-state index in [9.17, 15) is 5.26 Å². The number of nitriles is 1. The fraction of sp³-hybridized carbons (Fsp3) is 0. The second-order valence-corrected chi connectivity index (χ2v) is 11.1. The largest absolute Gasteiger partial charge is 0.307 e. The van der Waals surface area contributed by atoms with Gasteiger partial charge < -0.3 is 4.57 Å². The van der Waals surface area contributed by atoms with Gasteiger partial charge in [-0.1, -0.05) is 103 Å². The third-order valence-electron chi connectivity index (χ3n) is 7.87. The highest BCUT2D eigenvalue weighted by Gasteiger charge is 2.21. The summed E-state index contributed by atoms with van der Waals surface area (Å²) in [4.78, 5) is 0. The Kier molecular flexibility index (Phi) is 5.10. The summed E-state index contributed by atoms with van der Waals surface area (Å²) in [5, 5.41) is 15.3. The number of benzene rings is 6. The molecule has 0 saturated carbocycles. The highest BCUT2D eigenvalue weighted by molar-refractivity contribution is 7.25. The molecule has 0 spiro atoms. The van der Waals surface area contributed by atoms with Gasteiger partial charge in [0.25, 0.3) is 0 Å². The van der Waals surface area contributed by atoms with Crippen LogP contribution in [0, 0.1) is 11.3 Å².